The fraction of sp³-hybridized carbons (Fsp3) is 0.389. The lowest BCUT2D eigenvalue weighted by Crippen LogP contribution is -2.41. The van der Waals surface area contributed by atoms with E-state index in [2.05, 4.69) is 16.0 Å². The van der Waals surface area contributed by atoms with Crippen molar-refractivity contribution in [2.45, 2.75) is 57.2 Å². The third-order valence-corrected chi connectivity index (χ3v) is 10.8. The summed E-state index contributed by atoms with van der Waals surface area (Å²) in [7, 11) is 3.58. The highest BCUT2D eigenvalue weighted by Gasteiger charge is 2.47. The van der Waals surface area contributed by atoms with Crippen molar-refractivity contribution in [3.8, 4) is 28.5 Å². The number of anilines is 1. The highest BCUT2D eigenvalue weighted by molar-refractivity contribution is 6.00. The van der Waals surface area contributed by atoms with Crippen LogP contribution in [-0.4, -0.2) is 61.6 Å². The summed E-state index contributed by atoms with van der Waals surface area (Å²) >= 11 is 0. The molecule has 240 valence electrons. The SMILES string of the molecule is COc1cc(C(=O)N2CC3CCC2C3N)cc2nc(-c3cc4ccc(-c5cc6c(cc5F)NC(=O)CC6)nc4n3CC3CC3)n(C)c12. The van der Waals surface area contributed by atoms with Gasteiger partial charge in [0.15, 0.2) is 5.82 Å². The number of fused-ring (bicyclic) bond motifs is 5. The normalized spacial score (nSPS) is 21.9. The first-order valence-electron chi connectivity index (χ1n) is 16.5. The predicted molar refractivity (Wildman–Crippen MR) is 177 cm³/mol. The summed E-state index contributed by atoms with van der Waals surface area (Å²) < 4.78 is 25.5. The third-order valence-electron chi connectivity index (χ3n) is 10.8. The van der Waals surface area contributed by atoms with E-state index in [1.165, 1.54) is 6.07 Å². The summed E-state index contributed by atoms with van der Waals surface area (Å²) in [5.74, 6) is 1.68. The average molecular weight is 634 g/mol. The van der Waals surface area contributed by atoms with E-state index in [0.717, 1.165) is 65.9 Å². The number of carbonyl (C=O) groups excluding carboxylic acids is 2. The highest BCUT2D eigenvalue weighted by Crippen LogP contribution is 2.41. The maximum Gasteiger partial charge on any atom is 0.254 e. The number of hydrogen-bond acceptors (Lipinski definition) is 6. The third kappa shape index (κ3) is 4.46. The first kappa shape index (κ1) is 28.5. The Balaban J connectivity index is 1.14. The number of aromatic nitrogens is 4. The second-order valence-corrected chi connectivity index (χ2v) is 13.7. The molecule has 1 saturated heterocycles. The number of methoxy groups -OCH3 is 1. The van der Waals surface area contributed by atoms with Crippen LogP contribution in [0.4, 0.5) is 10.1 Å². The Kier molecular flexibility index (Phi) is 6.28. The standard InChI is InChI=1S/C36H36FN7O3/c1-42-33-27(12-22(14-30(33)47-2)36(46)44-17-21-6-9-28(44)32(21)38)41-35(42)29-13-20-5-8-25(40-34(20)43(29)16-18-3-4-18)23-11-19-7-10-31(45)39-26(19)15-24(23)37/h5,8,11-15,18,21,28,32H,3-4,6-7,9-10,16-17,38H2,1-2H3,(H,39,45). The number of hydrogen-bond donors (Lipinski definition) is 2. The second-order valence-electron chi connectivity index (χ2n) is 13.7. The van der Waals surface area contributed by atoms with E-state index in [4.69, 9.17) is 20.4 Å². The van der Waals surface area contributed by atoms with Crippen molar-refractivity contribution in [3.63, 3.8) is 0 Å². The van der Waals surface area contributed by atoms with Crippen LogP contribution in [0.15, 0.2) is 42.5 Å². The molecule has 2 aromatic carbocycles. The molecule has 3 atom stereocenters. The van der Waals surface area contributed by atoms with E-state index in [1.54, 1.807) is 7.11 Å². The molecule has 5 heterocycles. The van der Waals surface area contributed by atoms with Crippen molar-refractivity contribution in [1.29, 1.82) is 0 Å². The number of halogens is 1. The lowest BCUT2D eigenvalue weighted by atomic mass is 9.98. The van der Waals surface area contributed by atoms with Crippen LogP contribution in [-0.2, 0) is 24.8 Å². The van der Waals surface area contributed by atoms with Crippen LogP contribution >= 0.6 is 0 Å². The molecule has 0 radical (unpaired) electrons. The van der Waals surface area contributed by atoms with E-state index in [9.17, 15) is 9.59 Å². The number of likely N-dealkylation sites (tertiary alicyclic amines) is 1. The summed E-state index contributed by atoms with van der Waals surface area (Å²) in [5.41, 5.74) is 12.5. The zero-order valence-corrected chi connectivity index (χ0v) is 26.4. The fourth-order valence-electron chi connectivity index (χ4n) is 8.07. The molecule has 2 aliphatic heterocycles. The molecule has 10 nitrogen and oxygen atoms in total. The topological polar surface area (TPSA) is 120 Å². The number of pyridine rings is 1. The fourth-order valence-corrected chi connectivity index (χ4v) is 8.07. The smallest absolute Gasteiger partial charge is 0.254 e. The van der Waals surface area contributed by atoms with Crippen LogP contribution in [0.1, 0.15) is 48.0 Å². The summed E-state index contributed by atoms with van der Waals surface area (Å²) in [5, 5.41) is 3.71. The van der Waals surface area contributed by atoms with Gasteiger partial charge in [0.05, 0.1) is 24.0 Å². The molecule has 11 heteroatoms. The van der Waals surface area contributed by atoms with Crippen molar-refractivity contribution in [1.82, 2.24) is 24.0 Å². The van der Waals surface area contributed by atoms with Crippen molar-refractivity contribution in [3.05, 3.63) is 59.4 Å². The number of nitrogens with zero attached hydrogens (tertiary/aromatic N) is 5. The van der Waals surface area contributed by atoms with Gasteiger partial charge in [0.25, 0.3) is 5.91 Å². The van der Waals surface area contributed by atoms with Crippen LogP contribution in [0.5, 0.6) is 5.75 Å². The van der Waals surface area contributed by atoms with Gasteiger partial charge >= 0.3 is 0 Å². The second kappa shape index (κ2) is 10.4. The monoisotopic (exact) mass is 633 g/mol. The van der Waals surface area contributed by atoms with Gasteiger partial charge in [-0.05, 0) is 92.0 Å². The van der Waals surface area contributed by atoms with Gasteiger partial charge in [-0.3, -0.25) is 9.59 Å². The van der Waals surface area contributed by atoms with Crippen molar-refractivity contribution in [2.75, 3.05) is 19.0 Å². The number of aryl methyl sites for hydroxylation is 2. The molecule has 4 aliphatic rings. The molecule has 2 aliphatic carbocycles. The van der Waals surface area contributed by atoms with Crippen molar-refractivity contribution < 1.29 is 18.7 Å². The number of nitrogens with one attached hydrogen (secondary N) is 1. The van der Waals surface area contributed by atoms with Gasteiger partial charge in [-0.1, -0.05) is 0 Å². The minimum absolute atomic E-state index is 0.0311. The quantitative estimate of drug-likeness (QED) is 0.263. The van der Waals surface area contributed by atoms with E-state index >= 15 is 4.39 Å². The number of piperidine rings is 1. The van der Waals surface area contributed by atoms with Crippen LogP contribution in [0.2, 0.25) is 0 Å². The maximum absolute atomic E-state index is 15.4. The molecule has 47 heavy (non-hydrogen) atoms. The molecular formula is C36H36FN7O3. The number of rotatable bonds is 6. The van der Waals surface area contributed by atoms with Gasteiger partial charge in [0.1, 0.15) is 22.7 Å². The number of ether oxygens (including phenoxy) is 1. The minimum Gasteiger partial charge on any atom is -0.494 e. The summed E-state index contributed by atoms with van der Waals surface area (Å²) in [6.07, 6.45) is 5.26. The zero-order valence-electron chi connectivity index (χ0n) is 26.4. The number of amides is 2. The number of carbonyl (C=O) groups is 2. The Morgan fingerprint density at radius 3 is 2.68 bits per heavy atom. The van der Waals surface area contributed by atoms with Gasteiger partial charge in [-0.15, -0.1) is 0 Å². The largest absolute Gasteiger partial charge is 0.494 e. The van der Waals surface area contributed by atoms with Crippen LogP contribution in [0.25, 0.3) is 44.8 Å². The Labute approximate surface area is 270 Å². The Morgan fingerprint density at radius 2 is 1.94 bits per heavy atom. The van der Waals surface area contributed by atoms with Gasteiger partial charge in [0, 0.05) is 60.8 Å². The van der Waals surface area contributed by atoms with E-state index in [0.29, 0.717) is 65.0 Å². The summed E-state index contributed by atoms with van der Waals surface area (Å²) in [4.78, 5) is 37.7. The summed E-state index contributed by atoms with van der Waals surface area (Å²) in [6.45, 7) is 1.47. The van der Waals surface area contributed by atoms with Gasteiger partial charge in [-0.2, -0.15) is 0 Å². The lowest BCUT2D eigenvalue weighted by molar-refractivity contribution is -0.116. The van der Waals surface area contributed by atoms with E-state index in [1.807, 2.05) is 46.8 Å². The molecule has 2 saturated carbocycles. The lowest BCUT2D eigenvalue weighted by Gasteiger charge is -2.27. The molecule has 0 spiro atoms. The predicted octanol–water partition coefficient (Wildman–Crippen LogP) is 5.26. The van der Waals surface area contributed by atoms with Crippen molar-refractivity contribution >= 4 is 39.6 Å². The maximum atomic E-state index is 15.4. The molecule has 3 fully saturated rings. The van der Waals surface area contributed by atoms with Crippen LogP contribution < -0.4 is 15.8 Å². The van der Waals surface area contributed by atoms with Gasteiger partial charge < -0.3 is 29.8 Å². The van der Waals surface area contributed by atoms with E-state index < -0.39 is 5.82 Å². The zero-order chi connectivity index (χ0) is 32.1. The average Bonchev–Trinajstić information content (AvgIpc) is 3.47. The van der Waals surface area contributed by atoms with Crippen molar-refractivity contribution in [2.24, 2.45) is 24.6 Å². The first-order chi connectivity index (χ1) is 22.8. The molecular weight excluding hydrogens is 597 g/mol. The number of imidazole rings is 1. The molecule has 2 bridgehead atoms. The Bertz CT molecular complexity index is 2150. The highest BCUT2D eigenvalue weighted by atomic mass is 19.1. The van der Waals surface area contributed by atoms with E-state index in [-0.39, 0.29) is 23.9 Å². The molecule has 2 amide bonds. The minimum atomic E-state index is -0.421. The molecule has 9 rings (SSSR count). The van der Waals surface area contributed by atoms with Crippen LogP contribution in [0.3, 0.4) is 0 Å². The summed E-state index contributed by atoms with van der Waals surface area (Å²) in [6, 6.07) is 13.0. The molecule has 3 N–H and O–H groups in total. The number of nitrogens with two attached hydrogens (primary N) is 1. The van der Waals surface area contributed by atoms with Crippen LogP contribution in [0, 0.1) is 17.7 Å². The molecule has 3 aromatic heterocycles. The molecule has 5 aromatic rings. The first-order valence-corrected chi connectivity index (χ1v) is 16.5. The number of benzene rings is 2. The Hall–Kier alpha value is -4.77. The Morgan fingerprint density at radius 1 is 1.09 bits per heavy atom. The van der Waals surface area contributed by atoms with Gasteiger partial charge in [0.2, 0.25) is 5.91 Å². The molecule has 3 unspecified atom stereocenters. The van der Waals surface area contributed by atoms with Gasteiger partial charge in [-0.25, -0.2) is 14.4 Å².